The summed E-state index contributed by atoms with van der Waals surface area (Å²) in [5, 5.41) is 19.0. The van der Waals surface area contributed by atoms with E-state index in [2.05, 4.69) is 71.8 Å². The van der Waals surface area contributed by atoms with Gasteiger partial charge in [-0.15, -0.1) is 0 Å². The molecular weight excluding hydrogens is 348 g/mol. The van der Waals surface area contributed by atoms with Crippen molar-refractivity contribution in [2.24, 2.45) is 4.99 Å². The summed E-state index contributed by atoms with van der Waals surface area (Å²) in [6.07, 6.45) is 2.74. The van der Waals surface area contributed by atoms with E-state index >= 15 is 0 Å². The predicted octanol–water partition coefficient (Wildman–Crippen LogP) is 3.30. The van der Waals surface area contributed by atoms with Gasteiger partial charge in [-0.1, -0.05) is 36.4 Å². The molecule has 5 nitrogen and oxygen atoms in total. The molecule has 28 heavy (non-hydrogen) atoms. The molecule has 0 aromatic heterocycles. The highest BCUT2D eigenvalue weighted by Gasteiger charge is 2.16. The lowest BCUT2D eigenvalue weighted by Gasteiger charge is -2.29. The predicted molar refractivity (Wildman–Crippen MR) is 118 cm³/mol. The Morgan fingerprint density at radius 1 is 1.18 bits per heavy atom. The maximum absolute atomic E-state index is 9.60. The number of benzene rings is 2. The van der Waals surface area contributed by atoms with Crippen LogP contribution in [0.15, 0.2) is 47.5 Å². The van der Waals surface area contributed by atoms with Gasteiger partial charge in [0.05, 0.1) is 12.1 Å². The topological polar surface area (TPSA) is 59.9 Å². The van der Waals surface area contributed by atoms with E-state index in [9.17, 15) is 5.11 Å². The summed E-state index contributed by atoms with van der Waals surface area (Å²) < 4.78 is 0. The van der Waals surface area contributed by atoms with E-state index in [1.165, 1.54) is 16.3 Å². The molecule has 0 bridgehead atoms. The molecule has 0 radical (unpaired) electrons. The molecule has 1 atom stereocenters. The van der Waals surface area contributed by atoms with Crippen LogP contribution in [-0.2, 0) is 0 Å². The van der Waals surface area contributed by atoms with E-state index in [0.717, 1.165) is 57.9 Å². The normalized spacial score (nSPS) is 17.6. The van der Waals surface area contributed by atoms with E-state index < -0.39 is 0 Å². The summed E-state index contributed by atoms with van der Waals surface area (Å²) in [4.78, 5) is 7.19. The molecule has 3 rings (SSSR count). The van der Waals surface area contributed by atoms with Gasteiger partial charge in [0.2, 0.25) is 0 Å². The highest BCUT2D eigenvalue weighted by molar-refractivity contribution is 5.84. The van der Waals surface area contributed by atoms with Crippen molar-refractivity contribution in [3.63, 3.8) is 0 Å². The lowest BCUT2D eigenvalue weighted by atomic mass is 10.0. The Labute approximate surface area is 168 Å². The van der Waals surface area contributed by atoms with Crippen LogP contribution in [0.5, 0.6) is 0 Å². The minimum Gasteiger partial charge on any atom is -0.393 e. The van der Waals surface area contributed by atoms with Gasteiger partial charge in [-0.25, -0.2) is 0 Å². The lowest BCUT2D eigenvalue weighted by Crippen LogP contribution is -2.39. The Kier molecular flexibility index (Phi) is 7.69. The number of likely N-dealkylation sites (tertiary alicyclic amines) is 1. The molecule has 1 saturated heterocycles. The van der Waals surface area contributed by atoms with Crippen molar-refractivity contribution in [2.45, 2.75) is 45.3 Å². The first kappa shape index (κ1) is 20.6. The number of guanidine groups is 1. The first-order valence-corrected chi connectivity index (χ1v) is 10.6. The second-order valence-corrected chi connectivity index (χ2v) is 7.66. The Morgan fingerprint density at radius 2 is 1.93 bits per heavy atom. The van der Waals surface area contributed by atoms with E-state index in [4.69, 9.17) is 4.99 Å². The summed E-state index contributed by atoms with van der Waals surface area (Å²) in [6.45, 7) is 8.98. The van der Waals surface area contributed by atoms with Crippen molar-refractivity contribution in [2.75, 3.05) is 32.7 Å². The smallest absolute Gasteiger partial charge is 0.191 e. The number of aliphatic imine (C=N–C) groups is 1. The first-order chi connectivity index (χ1) is 13.7. The molecular formula is C23H34N4O. The van der Waals surface area contributed by atoms with E-state index in [1.807, 2.05) is 0 Å². The Hall–Kier alpha value is -2.11. The van der Waals surface area contributed by atoms with E-state index in [-0.39, 0.29) is 12.1 Å². The zero-order valence-electron chi connectivity index (χ0n) is 17.2. The maximum atomic E-state index is 9.60. The second-order valence-electron chi connectivity index (χ2n) is 7.66. The standard InChI is InChI=1S/C23H34N4O/c1-3-24-23(25-13-6-14-27-15-11-22(28)12-16-27)26-18(2)20-10-9-19-7-4-5-8-21(19)17-20/h4-5,7-10,17-18,22,28H,3,6,11-16H2,1-2H3,(H2,24,25,26). The van der Waals surface area contributed by atoms with Crippen LogP contribution in [0.4, 0.5) is 0 Å². The maximum Gasteiger partial charge on any atom is 0.191 e. The van der Waals surface area contributed by atoms with Crippen LogP contribution < -0.4 is 10.6 Å². The van der Waals surface area contributed by atoms with Crippen molar-refractivity contribution in [1.29, 1.82) is 0 Å². The van der Waals surface area contributed by atoms with Crippen molar-refractivity contribution in [3.05, 3.63) is 48.0 Å². The molecule has 1 aliphatic rings. The largest absolute Gasteiger partial charge is 0.393 e. The van der Waals surface area contributed by atoms with Gasteiger partial charge in [-0.05, 0) is 62.1 Å². The number of rotatable bonds is 7. The Morgan fingerprint density at radius 3 is 2.68 bits per heavy atom. The van der Waals surface area contributed by atoms with Crippen LogP contribution in [0.25, 0.3) is 10.8 Å². The van der Waals surface area contributed by atoms with Gasteiger partial charge in [0.25, 0.3) is 0 Å². The zero-order chi connectivity index (χ0) is 19.8. The van der Waals surface area contributed by atoms with Crippen LogP contribution in [0.2, 0.25) is 0 Å². The molecule has 2 aromatic rings. The third-order valence-corrected chi connectivity index (χ3v) is 5.43. The number of hydrogen-bond donors (Lipinski definition) is 3. The van der Waals surface area contributed by atoms with Gasteiger partial charge in [0.15, 0.2) is 5.96 Å². The Balaban J connectivity index is 1.52. The molecule has 1 fully saturated rings. The highest BCUT2D eigenvalue weighted by atomic mass is 16.3. The fraction of sp³-hybridized carbons (Fsp3) is 0.522. The molecule has 1 unspecified atom stereocenters. The number of aliphatic hydroxyl groups excluding tert-OH is 1. The SMILES string of the molecule is CCNC(=NCCCN1CCC(O)CC1)NC(C)c1ccc2ccccc2c1. The van der Waals surface area contributed by atoms with Crippen LogP contribution in [0.1, 0.15) is 44.7 Å². The number of piperidine rings is 1. The van der Waals surface area contributed by atoms with E-state index in [1.54, 1.807) is 0 Å². The summed E-state index contributed by atoms with van der Waals surface area (Å²) >= 11 is 0. The van der Waals surface area contributed by atoms with Gasteiger partial charge in [0.1, 0.15) is 0 Å². The van der Waals surface area contributed by atoms with Crippen LogP contribution in [0, 0.1) is 0 Å². The fourth-order valence-corrected chi connectivity index (χ4v) is 3.71. The number of aliphatic hydroxyl groups is 1. The van der Waals surface area contributed by atoms with E-state index in [0.29, 0.717) is 0 Å². The Bertz CT molecular complexity index is 768. The van der Waals surface area contributed by atoms with Crippen LogP contribution in [0.3, 0.4) is 0 Å². The molecule has 3 N–H and O–H groups in total. The number of nitrogens with zero attached hydrogens (tertiary/aromatic N) is 2. The lowest BCUT2D eigenvalue weighted by molar-refractivity contribution is 0.0824. The molecule has 152 valence electrons. The molecule has 2 aromatic carbocycles. The minimum atomic E-state index is -0.101. The molecule has 0 amide bonds. The fourth-order valence-electron chi connectivity index (χ4n) is 3.71. The molecule has 0 spiro atoms. The molecule has 1 aliphatic heterocycles. The quantitative estimate of drug-likeness (QED) is 0.391. The zero-order valence-corrected chi connectivity index (χ0v) is 17.2. The summed E-state index contributed by atoms with van der Waals surface area (Å²) in [5.41, 5.74) is 1.26. The first-order valence-electron chi connectivity index (χ1n) is 10.6. The number of fused-ring (bicyclic) bond motifs is 1. The monoisotopic (exact) mass is 382 g/mol. The van der Waals surface area contributed by atoms with Crippen molar-refractivity contribution < 1.29 is 5.11 Å². The van der Waals surface area contributed by atoms with Gasteiger partial charge in [-0.3, -0.25) is 4.99 Å². The molecule has 1 heterocycles. The van der Waals surface area contributed by atoms with Crippen molar-refractivity contribution in [1.82, 2.24) is 15.5 Å². The van der Waals surface area contributed by atoms with Gasteiger partial charge in [-0.2, -0.15) is 0 Å². The van der Waals surface area contributed by atoms with Crippen LogP contribution in [-0.4, -0.2) is 54.8 Å². The van der Waals surface area contributed by atoms with Gasteiger partial charge < -0.3 is 20.6 Å². The molecule has 0 aliphatic carbocycles. The summed E-state index contributed by atoms with van der Waals surface area (Å²) in [5.74, 6) is 0.872. The van der Waals surface area contributed by atoms with Crippen molar-refractivity contribution >= 4 is 16.7 Å². The average molecular weight is 383 g/mol. The number of nitrogens with one attached hydrogen (secondary N) is 2. The van der Waals surface area contributed by atoms with Crippen molar-refractivity contribution in [3.8, 4) is 0 Å². The second kappa shape index (κ2) is 10.4. The summed E-state index contributed by atoms with van der Waals surface area (Å²) in [7, 11) is 0. The average Bonchev–Trinajstić information content (AvgIpc) is 2.72. The van der Waals surface area contributed by atoms with Gasteiger partial charge >= 0.3 is 0 Å². The number of hydrogen-bond acceptors (Lipinski definition) is 3. The third kappa shape index (κ3) is 5.94. The minimum absolute atomic E-state index is 0.101. The molecule has 0 saturated carbocycles. The highest BCUT2D eigenvalue weighted by Crippen LogP contribution is 2.20. The summed E-state index contributed by atoms with van der Waals surface area (Å²) in [6, 6.07) is 15.3. The van der Waals surface area contributed by atoms with Gasteiger partial charge in [0, 0.05) is 26.2 Å². The molecule has 5 heteroatoms. The third-order valence-electron chi connectivity index (χ3n) is 5.43. The van der Waals surface area contributed by atoms with Crippen LogP contribution >= 0.6 is 0 Å².